The zero-order valence-corrected chi connectivity index (χ0v) is 18.1. The lowest BCUT2D eigenvalue weighted by Crippen LogP contribution is -2.17. The summed E-state index contributed by atoms with van der Waals surface area (Å²) in [4.78, 5) is 19.2. The summed E-state index contributed by atoms with van der Waals surface area (Å²) in [6.07, 6.45) is 1.57. The number of nitrogens with one attached hydrogen (secondary N) is 1. The average Bonchev–Trinajstić information content (AvgIpc) is 2.84. The molecule has 0 aliphatic rings. The molecule has 33 heavy (non-hydrogen) atoms. The molecule has 4 aromatic rings. The zero-order chi connectivity index (χ0) is 23.4. The van der Waals surface area contributed by atoms with E-state index in [0.717, 1.165) is 33.4 Å². The summed E-state index contributed by atoms with van der Waals surface area (Å²) in [5.41, 5.74) is 7.20. The van der Waals surface area contributed by atoms with E-state index < -0.39 is 5.91 Å². The molecule has 7 heteroatoms. The van der Waals surface area contributed by atoms with Gasteiger partial charge in [0.1, 0.15) is 11.8 Å². The van der Waals surface area contributed by atoms with Gasteiger partial charge >= 0.3 is 0 Å². The van der Waals surface area contributed by atoms with Crippen molar-refractivity contribution in [3.63, 3.8) is 0 Å². The van der Waals surface area contributed by atoms with Crippen LogP contribution in [0.5, 0.6) is 5.75 Å². The van der Waals surface area contributed by atoms with Crippen LogP contribution in [0.4, 0.5) is 5.69 Å². The van der Waals surface area contributed by atoms with Crippen LogP contribution in [-0.4, -0.2) is 36.3 Å². The fourth-order valence-corrected chi connectivity index (χ4v) is 3.38. The molecule has 0 atom stereocenters. The molecule has 0 saturated carbocycles. The highest BCUT2D eigenvalue weighted by molar-refractivity contribution is 6.01. The third-order valence-corrected chi connectivity index (χ3v) is 5.18. The van der Waals surface area contributed by atoms with Crippen LogP contribution in [-0.2, 0) is 0 Å². The van der Waals surface area contributed by atoms with Crippen molar-refractivity contribution in [2.24, 2.45) is 5.10 Å². The number of hydrogen-bond acceptors (Lipinski definition) is 6. The summed E-state index contributed by atoms with van der Waals surface area (Å²) in [6, 6.07) is 23.7. The summed E-state index contributed by atoms with van der Waals surface area (Å²) < 4.78 is 0. The number of rotatable bonds is 5. The number of para-hydroxylation sites is 1. The molecule has 3 aromatic carbocycles. The molecule has 0 bridgehead atoms. The third-order valence-electron chi connectivity index (χ3n) is 5.18. The van der Waals surface area contributed by atoms with Crippen LogP contribution in [0.3, 0.4) is 0 Å². The van der Waals surface area contributed by atoms with E-state index in [-0.39, 0.29) is 16.9 Å². The van der Waals surface area contributed by atoms with Crippen LogP contribution >= 0.6 is 0 Å². The number of amides is 1. The molecule has 162 valence electrons. The van der Waals surface area contributed by atoms with Crippen LogP contribution in [0.1, 0.15) is 21.5 Å². The zero-order valence-electron chi connectivity index (χ0n) is 18.1. The predicted molar refractivity (Wildman–Crippen MR) is 129 cm³/mol. The molecule has 0 aliphatic carbocycles. The Bertz CT molecular complexity index is 1400. The summed E-state index contributed by atoms with van der Waals surface area (Å²) >= 11 is 0. The van der Waals surface area contributed by atoms with E-state index in [1.807, 2.05) is 79.7 Å². The van der Waals surface area contributed by atoms with E-state index in [0.29, 0.717) is 0 Å². The first-order valence-electron chi connectivity index (χ1n) is 10.2. The number of nitrogens with zero attached hydrogens (tertiary/aromatic N) is 4. The molecule has 0 spiro atoms. The Morgan fingerprint density at radius 1 is 1.09 bits per heavy atom. The Kier molecular flexibility index (Phi) is 6.00. The summed E-state index contributed by atoms with van der Waals surface area (Å²) in [5, 5.41) is 23.7. The minimum Gasteiger partial charge on any atom is -0.507 e. The number of phenols is 1. The van der Waals surface area contributed by atoms with Gasteiger partial charge < -0.3 is 10.0 Å². The van der Waals surface area contributed by atoms with Crippen molar-refractivity contribution in [3.05, 3.63) is 89.5 Å². The molecule has 1 heterocycles. The lowest BCUT2D eigenvalue weighted by Gasteiger charge is -2.13. The second-order valence-corrected chi connectivity index (χ2v) is 7.60. The van der Waals surface area contributed by atoms with Crippen molar-refractivity contribution < 1.29 is 9.90 Å². The van der Waals surface area contributed by atoms with E-state index in [1.165, 1.54) is 18.2 Å². The van der Waals surface area contributed by atoms with E-state index in [2.05, 4.69) is 10.5 Å². The third kappa shape index (κ3) is 4.65. The average molecular weight is 435 g/mol. The van der Waals surface area contributed by atoms with Crippen molar-refractivity contribution in [1.29, 1.82) is 5.26 Å². The number of nitriles is 1. The quantitative estimate of drug-likeness (QED) is 0.359. The SMILES string of the molecule is CN(C)c1ccc(-c2cc(C=NNC(=O)c3ccc(O)c(C#N)c3)c3ccccc3n2)cc1. The highest BCUT2D eigenvalue weighted by atomic mass is 16.3. The number of carbonyl (C=O) groups excluding carboxylic acids is 1. The predicted octanol–water partition coefficient (Wildman–Crippen LogP) is 4.31. The number of aromatic nitrogens is 1. The molecule has 0 unspecified atom stereocenters. The lowest BCUT2D eigenvalue weighted by molar-refractivity contribution is 0.0955. The monoisotopic (exact) mass is 435 g/mol. The van der Waals surface area contributed by atoms with Gasteiger partial charge in [-0.1, -0.05) is 30.3 Å². The number of carbonyl (C=O) groups is 1. The highest BCUT2D eigenvalue weighted by Gasteiger charge is 2.10. The Labute approximate surface area is 191 Å². The van der Waals surface area contributed by atoms with Gasteiger partial charge in [-0.05, 0) is 42.5 Å². The molecule has 0 radical (unpaired) electrons. The maximum Gasteiger partial charge on any atom is 0.271 e. The van der Waals surface area contributed by atoms with Crippen LogP contribution in [0.2, 0.25) is 0 Å². The topological polar surface area (TPSA) is 102 Å². The number of benzene rings is 3. The number of hydrazone groups is 1. The first-order valence-corrected chi connectivity index (χ1v) is 10.2. The second kappa shape index (κ2) is 9.20. The largest absolute Gasteiger partial charge is 0.507 e. The van der Waals surface area contributed by atoms with Crippen molar-refractivity contribution in [2.45, 2.75) is 0 Å². The van der Waals surface area contributed by atoms with Gasteiger partial charge in [0, 0.05) is 41.9 Å². The lowest BCUT2D eigenvalue weighted by atomic mass is 10.0. The maximum atomic E-state index is 12.4. The van der Waals surface area contributed by atoms with E-state index in [9.17, 15) is 9.90 Å². The molecule has 7 nitrogen and oxygen atoms in total. The minimum absolute atomic E-state index is 0.0247. The van der Waals surface area contributed by atoms with E-state index >= 15 is 0 Å². The fraction of sp³-hybridized carbons (Fsp3) is 0.0769. The highest BCUT2D eigenvalue weighted by Crippen LogP contribution is 2.25. The van der Waals surface area contributed by atoms with Crippen molar-refractivity contribution in [3.8, 4) is 23.1 Å². The molecule has 1 amide bonds. The first kappa shape index (κ1) is 21.5. The summed E-state index contributed by atoms with van der Waals surface area (Å²) in [5.74, 6) is -0.660. The number of anilines is 1. The Hall–Kier alpha value is -4.70. The van der Waals surface area contributed by atoms with Crippen molar-refractivity contribution in [1.82, 2.24) is 10.4 Å². The molecule has 2 N–H and O–H groups in total. The number of phenolic OH excluding ortho intramolecular Hbond substituents is 1. The Balaban J connectivity index is 1.63. The van der Waals surface area contributed by atoms with Gasteiger partial charge in [0.15, 0.2) is 0 Å². The molecule has 1 aromatic heterocycles. The number of hydrogen-bond donors (Lipinski definition) is 2. The maximum absolute atomic E-state index is 12.4. The summed E-state index contributed by atoms with van der Waals surface area (Å²) in [7, 11) is 3.98. The van der Waals surface area contributed by atoms with Gasteiger partial charge in [-0.25, -0.2) is 10.4 Å². The van der Waals surface area contributed by atoms with Crippen molar-refractivity contribution in [2.75, 3.05) is 19.0 Å². The van der Waals surface area contributed by atoms with Gasteiger partial charge in [-0.2, -0.15) is 10.4 Å². The minimum atomic E-state index is -0.486. The van der Waals surface area contributed by atoms with Crippen molar-refractivity contribution >= 4 is 28.7 Å². The standard InChI is InChI=1S/C26H21N5O2/c1-31(2)21-10-7-17(8-11-21)24-14-20(22-5-3-4-6-23(22)29-24)16-28-30-26(33)18-9-12-25(32)19(13-18)15-27/h3-14,16,32H,1-2H3,(H,30,33). The van der Waals surface area contributed by atoms with Gasteiger partial charge in [0.25, 0.3) is 5.91 Å². The van der Waals surface area contributed by atoms with E-state index in [1.54, 1.807) is 6.21 Å². The molecule has 4 rings (SSSR count). The number of aromatic hydroxyl groups is 1. The molecule has 0 aliphatic heterocycles. The first-order chi connectivity index (χ1) is 16.0. The summed E-state index contributed by atoms with van der Waals surface area (Å²) in [6.45, 7) is 0. The van der Waals surface area contributed by atoms with Crippen LogP contribution in [0, 0.1) is 11.3 Å². The second-order valence-electron chi connectivity index (χ2n) is 7.60. The Morgan fingerprint density at radius 2 is 1.85 bits per heavy atom. The molecule has 0 saturated heterocycles. The molecular formula is C26H21N5O2. The van der Waals surface area contributed by atoms with Gasteiger partial charge in [0.2, 0.25) is 0 Å². The number of fused-ring (bicyclic) bond motifs is 1. The van der Waals surface area contributed by atoms with Crippen LogP contribution < -0.4 is 10.3 Å². The van der Waals surface area contributed by atoms with Crippen LogP contribution in [0.25, 0.3) is 22.2 Å². The molecular weight excluding hydrogens is 414 g/mol. The van der Waals surface area contributed by atoms with Crippen LogP contribution in [0.15, 0.2) is 77.9 Å². The Morgan fingerprint density at radius 3 is 2.58 bits per heavy atom. The van der Waals surface area contributed by atoms with Gasteiger partial charge in [-0.15, -0.1) is 0 Å². The number of pyridine rings is 1. The normalized spacial score (nSPS) is 10.8. The van der Waals surface area contributed by atoms with Gasteiger partial charge in [0.05, 0.1) is 23.0 Å². The smallest absolute Gasteiger partial charge is 0.271 e. The molecule has 0 fully saturated rings. The fourth-order valence-electron chi connectivity index (χ4n) is 3.38. The van der Waals surface area contributed by atoms with Gasteiger partial charge in [-0.3, -0.25) is 4.79 Å². The van der Waals surface area contributed by atoms with E-state index in [4.69, 9.17) is 10.2 Å².